The van der Waals surface area contributed by atoms with Crippen molar-refractivity contribution >= 4 is 35.2 Å². The van der Waals surface area contributed by atoms with Gasteiger partial charge in [-0.1, -0.05) is 23.2 Å². The molecular weight excluding hydrogens is 261 g/mol. The average molecular weight is 274 g/mol. The lowest BCUT2D eigenvalue weighted by Gasteiger charge is -2.00. The Morgan fingerprint density at radius 2 is 1.94 bits per heavy atom. The number of carbonyl (C=O) groups is 1. The maximum absolute atomic E-state index is 11.3. The molecule has 1 aromatic rings. The zero-order valence-electron chi connectivity index (χ0n) is 9.12. The van der Waals surface area contributed by atoms with Crippen LogP contribution in [0.25, 0.3) is 6.08 Å². The summed E-state index contributed by atoms with van der Waals surface area (Å²) in [5, 5.41) is 12.2. The Bertz CT molecular complexity index is 399. The molecule has 2 N–H and O–H groups in total. The van der Waals surface area contributed by atoms with Gasteiger partial charge in [-0.05, 0) is 36.3 Å². The first kappa shape index (κ1) is 14.0. The summed E-state index contributed by atoms with van der Waals surface area (Å²) in [5.74, 6) is -0.213. The molecule has 3 nitrogen and oxygen atoms in total. The fourth-order valence-electron chi connectivity index (χ4n) is 1.19. The van der Waals surface area contributed by atoms with Crippen molar-refractivity contribution in [2.24, 2.45) is 0 Å². The second-order valence-corrected chi connectivity index (χ2v) is 4.28. The average Bonchev–Trinajstić information content (AvgIpc) is 2.25. The summed E-state index contributed by atoms with van der Waals surface area (Å²) < 4.78 is 0. The molecule has 0 aromatic heterocycles. The molecule has 0 aliphatic heterocycles. The van der Waals surface area contributed by atoms with Gasteiger partial charge < -0.3 is 10.4 Å². The molecule has 0 saturated heterocycles. The smallest absolute Gasteiger partial charge is 0.244 e. The Morgan fingerprint density at radius 1 is 1.29 bits per heavy atom. The SMILES string of the molecule is O=C(/C=C/c1cc(Cl)cc(Cl)c1)NCCCO. The number of rotatable bonds is 5. The third kappa shape index (κ3) is 5.73. The van der Waals surface area contributed by atoms with Crippen LogP contribution < -0.4 is 5.32 Å². The predicted octanol–water partition coefficient (Wildman–Crippen LogP) is 2.51. The fourth-order valence-corrected chi connectivity index (χ4v) is 1.74. The van der Waals surface area contributed by atoms with Crippen molar-refractivity contribution in [3.05, 3.63) is 39.9 Å². The number of aliphatic hydroxyl groups excluding tert-OH is 1. The molecule has 0 aliphatic carbocycles. The van der Waals surface area contributed by atoms with E-state index in [1.807, 2.05) is 0 Å². The third-order valence-corrected chi connectivity index (χ3v) is 2.38. The molecule has 0 radical (unpaired) electrons. The van der Waals surface area contributed by atoms with E-state index in [1.54, 1.807) is 24.3 Å². The van der Waals surface area contributed by atoms with Crippen molar-refractivity contribution in [2.45, 2.75) is 6.42 Å². The molecule has 0 bridgehead atoms. The normalized spacial score (nSPS) is 10.8. The summed E-state index contributed by atoms with van der Waals surface area (Å²) in [4.78, 5) is 11.3. The van der Waals surface area contributed by atoms with Crippen molar-refractivity contribution < 1.29 is 9.90 Å². The highest BCUT2D eigenvalue weighted by Crippen LogP contribution is 2.19. The monoisotopic (exact) mass is 273 g/mol. The molecule has 0 unspecified atom stereocenters. The van der Waals surface area contributed by atoms with Crippen LogP contribution in [0.1, 0.15) is 12.0 Å². The second kappa shape index (κ2) is 7.33. The third-order valence-electron chi connectivity index (χ3n) is 1.95. The van der Waals surface area contributed by atoms with Crippen LogP contribution in [0.15, 0.2) is 24.3 Å². The maximum Gasteiger partial charge on any atom is 0.244 e. The van der Waals surface area contributed by atoms with Gasteiger partial charge in [0.15, 0.2) is 0 Å². The van der Waals surface area contributed by atoms with Crippen LogP contribution in [-0.4, -0.2) is 24.2 Å². The van der Waals surface area contributed by atoms with Crippen molar-refractivity contribution in [1.29, 1.82) is 0 Å². The van der Waals surface area contributed by atoms with E-state index in [9.17, 15) is 4.79 Å². The summed E-state index contributed by atoms with van der Waals surface area (Å²) in [7, 11) is 0. The lowest BCUT2D eigenvalue weighted by Crippen LogP contribution is -2.22. The van der Waals surface area contributed by atoms with Crippen LogP contribution in [0.5, 0.6) is 0 Å². The Morgan fingerprint density at radius 3 is 2.53 bits per heavy atom. The van der Waals surface area contributed by atoms with Crippen LogP contribution in [0.2, 0.25) is 10.0 Å². The van der Waals surface area contributed by atoms with Crippen LogP contribution in [0, 0.1) is 0 Å². The number of halogens is 2. The number of aliphatic hydroxyl groups is 1. The Balaban J connectivity index is 2.54. The number of benzene rings is 1. The van der Waals surface area contributed by atoms with E-state index >= 15 is 0 Å². The summed E-state index contributed by atoms with van der Waals surface area (Å²) in [6.45, 7) is 0.518. The summed E-state index contributed by atoms with van der Waals surface area (Å²) in [6.07, 6.45) is 3.58. The van der Waals surface area contributed by atoms with Crippen molar-refractivity contribution in [3.8, 4) is 0 Å². The zero-order valence-corrected chi connectivity index (χ0v) is 10.6. The first-order valence-corrected chi connectivity index (χ1v) is 5.90. The second-order valence-electron chi connectivity index (χ2n) is 3.40. The zero-order chi connectivity index (χ0) is 12.7. The minimum atomic E-state index is -0.213. The lowest BCUT2D eigenvalue weighted by molar-refractivity contribution is -0.116. The number of nitrogens with one attached hydrogen (secondary N) is 1. The number of carbonyl (C=O) groups excluding carboxylic acids is 1. The van der Waals surface area contributed by atoms with Crippen LogP contribution in [-0.2, 0) is 4.79 Å². The van der Waals surface area contributed by atoms with Gasteiger partial charge in [0.05, 0.1) is 0 Å². The van der Waals surface area contributed by atoms with E-state index in [4.69, 9.17) is 28.3 Å². The summed E-state index contributed by atoms with van der Waals surface area (Å²) >= 11 is 11.6. The molecule has 5 heteroatoms. The topological polar surface area (TPSA) is 49.3 Å². The predicted molar refractivity (Wildman–Crippen MR) is 70.2 cm³/mol. The molecule has 0 aliphatic rings. The first-order valence-electron chi connectivity index (χ1n) is 5.14. The van der Waals surface area contributed by atoms with Crippen LogP contribution >= 0.6 is 23.2 Å². The van der Waals surface area contributed by atoms with Gasteiger partial charge in [0.2, 0.25) is 5.91 Å². The van der Waals surface area contributed by atoms with Gasteiger partial charge in [0, 0.05) is 29.3 Å². The Hall–Kier alpha value is -1.03. The standard InChI is InChI=1S/C12H13Cl2NO2/c13-10-6-9(7-11(14)8-10)2-3-12(17)15-4-1-5-16/h2-3,6-8,16H,1,4-5H2,(H,15,17)/b3-2+. The van der Waals surface area contributed by atoms with Crippen LogP contribution in [0.4, 0.5) is 0 Å². The van der Waals surface area contributed by atoms with E-state index in [2.05, 4.69) is 5.32 Å². The quantitative estimate of drug-likeness (QED) is 0.640. The van der Waals surface area contributed by atoms with Gasteiger partial charge >= 0.3 is 0 Å². The molecule has 1 aromatic carbocycles. The van der Waals surface area contributed by atoms with Gasteiger partial charge in [-0.3, -0.25) is 4.79 Å². The van der Waals surface area contributed by atoms with E-state index in [0.29, 0.717) is 23.0 Å². The van der Waals surface area contributed by atoms with Gasteiger partial charge in [-0.2, -0.15) is 0 Å². The molecule has 1 rings (SSSR count). The van der Waals surface area contributed by atoms with E-state index < -0.39 is 0 Å². The molecule has 0 saturated carbocycles. The van der Waals surface area contributed by atoms with E-state index in [-0.39, 0.29) is 12.5 Å². The van der Waals surface area contributed by atoms with Gasteiger partial charge in [0.1, 0.15) is 0 Å². The minimum absolute atomic E-state index is 0.0634. The van der Waals surface area contributed by atoms with Crippen molar-refractivity contribution in [1.82, 2.24) is 5.32 Å². The lowest BCUT2D eigenvalue weighted by atomic mass is 10.2. The maximum atomic E-state index is 11.3. The molecule has 0 heterocycles. The van der Waals surface area contributed by atoms with Crippen LogP contribution in [0.3, 0.4) is 0 Å². The highest BCUT2D eigenvalue weighted by atomic mass is 35.5. The Labute approximate surface area is 110 Å². The Kier molecular flexibility index (Phi) is 6.05. The first-order chi connectivity index (χ1) is 8.11. The molecular formula is C12H13Cl2NO2. The largest absolute Gasteiger partial charge is 0.396 e. The summed E-state index contributed by atoms with van der Waals surface area (Å²) in [6, 6.07) is 5.05. The fraction of sp³-hybridized carbons (Fsp3) is 0.250. The van der Waals surface area contributed by atoms with Gasteiger partial charge in [0.25, 0.3) is 0 Å². The molecule has 92 valence electrons. The van der Waals surface area contributed by atoms with E-state index in [1.165, 1.54) is 6.08 Å². The minimum Gasteiger partial charge on any atom is -0.396 e. The molecule has 1 amide bonds. The number of amides is 1. The van der Waals surface area contributed by atoms with Gasteiger partial charge in [-0.25, -0.2) is 0 Å². The molecule has 0 spiro atoms. The van der Waals surface area contributed by atoms with Crippen molar-refractivity contribution in [2.75, 3.05) is 13.2 Å². The number of hydrogen-bond donors (Lipinski definition) is 2. The molecule has 0 fully saturated rings. The van der Waals surface area contributed by atoms with E-state index in [0.717, 1.165) is 5.56 Å². The highest BCUT2D eigenvalue weighted by molar-refractivity contribution is 6.34. The molecule has 17 heavy (non-hydrogen) atoms. The van der Waals surface area contributed by atoms with Gasteiger partial charge in [-0.15, -0.1) is 0 Å². The number of hydrogen-bond acceptors (Lipinski definition) is 2. The summed E-state index contributed by atoms with van der Waals surface area (Å²) in [5.41, 5.74) is 0.764. The molecule has 0 atom stereocenters. The van der Waals surface area contributed by atoms with Crippen molar-refractivity contribution in [3.63, 3.8) is 0 Å². The highest BCUT2D eigenvalue weighted by Gasteiger charge is 1.97.